The predicted octanol–water partition coefficient (Wildman–Crippen LogP) is 3.93. The van der Waals surface area contributed by atoms with Crippen molar-refractivity contribution in [2.75, 3.05) is 32.8 Å². The van der Waals surface area contributed by atoms with Crippen LogP contribution in [0.5, 0.6) is 0 Å². The second-order valence-electron chi connectivity index (χ2n) is 8.13. The molecule has 2 aromatic carbocycles. The molecule has 2 aromatic rings. The molecule has 0 bridgehead atoms. The van der Waals surface area contributed by atoms with Crippen molar-refractivity contribution in [1.82, 2.24) is 9.91 Å². The first-order chi connectivity index (χ1) is 15.0. The molecular formula is C24H27F2N3O2. The van der Waals surface area contributed by atoms with Crippen LogP contribution in [0.25, 0.3) is 0 Å². The van der Waals surface area contributed by atoms with Crippen LogP contribution in [0.2, 0.25) is 0 Å². The molecule has 0 aliphatic carbocycles. The molecule has 1 fully saturated rings. The number of amides is 1. The van der Waals surface area contributed by atoms with Crippen molar-refractivity contribution in [3.05, 3.63) is 71.3 Å². The van der Waals surface area contributed by atoms with Gasteiger partial charge in [0.25, 0.3) is 0 Å². The van der Waals surface area contributed by atoms with Gasteiger partial charge in [-0.3, -0.25) is 9.69 Å². The van der Waals surface area contributed by atoms with E-state index in [1.165, 1.54) is 11.9 Å². The Bertz CT molecular complexity index is 961. The highest BCUT2D eigenvalue weighted by molar-refractivity contribution is 6.03. The maximum atomic E-state index is 14.5. The van der Waals surface area contributed by atoms with Crippen molar-refractivity contribution in [3.8, 4) is 0 Å². The summed E-state index contributed by atoms with van der Waals surface area (Å²) in [4.78, 5) is 15.0. The molecule has 1 saturated heterocycles. The topological polar surface area (TPSA) is 45.1 Å². The smallest absolute Gasteiger partial charge is 0.240 e. The van der Waals surface area contributed by atoms with Gasteiger partial charge >= 0.3 is 0 Å². The molecular weight excluding hydrogens is 400 g/mol. The zero-order valence-corrected chi connectivity index (χ0v) is 17.7. The maximum Gasteiger partial charge on any atom is 0.240 e. The predicted molar refractivity (Wildman–Crippen MR) is 115 cm³/mol. The first kappa shape index (κ1) is 21.6. The number of carbonyl (C=O) groups excluding carboxylic acids is 1. The number of rotatable bonds is 6. The molecule has 7 heteroatoms. The summed E-state index contributed by atoms with van der Waals surface area (Å²) in [6, 6.07) is 13.1. The minimum atomic E-state index is -0.729. The SMILES string of the molecule is CC(=O)N1N=C(c2cc(F)ccc2F)C[C@]1(CCCN1CCOCC1)c1ccccc1. The van der Waals surface area contributed by atoms with E-state index >= 15 is 0 Å². The number of halogens is 2. The summed E-state index contributed by atoms with van der Waals surface area (Å²) in [6.45, 7) is 5.60. The summed E-state index contributed by atoms with van der Waals surface area (Å²) >= 11 is 0. The fourth-order valence-electron chi connectivity index (χ4n) is 4.57. The summed E-state index contributed by atoms with van der Waals surface area (Å²) in [6.07, 6.45) is 1.84. The third kappa shape index (κ3) is 4.52. The van der Waals surface area contributed by atoms with E-state index in [4.69, 9.17) is 4.74 Å². The van der Waals surface area contributed by atoms with E-state index in [0.717, 1.165) is 63.0 Å². The van der Waals surface area contributed by atoms with Gasteiger partial charge in [-0.25, -0.2) is 13.8 Å². The van der Waals surface area contributed by atoms with Gasteiger partial charge in [0, 0.05) is 32.0 Å². The number of benzene rings is 2. The zero-order valence-electron chi connectivity index (χ0n) is 17.7. The van der Waals surface area contributed by atoms with Gasteiger partial charge in [-0.2, -0.15) is 5.10 Å². The molecule has 2 heterocycles. The first-order valence-electron chi connectivity index (χ1n) is 10.7. The summed E-state index contributed by atoms with van der Waals surface area (Å²) in [5.74, 6) is -1.29. The fourth-order valence-corrected chi connectivity index (χ4v) is 4.57. The Morgan fingerprint density at radius 1 is 1.13 bits per heavy atom. The summed E-state index contributed by atoms with van der Waals surface area (Å²) in [5, 5.41) is 5.99. The normalized spacial score (nSPS) is 21.9. The number of nitrogens with zero attached hydrogens (tertiary/aromatic N) is 3. The van der Waals surface area contributed by atoms with Gasteiger partial charge in [0.15, 0.2) is 0 Å². The van der Waals surface area contributed by atoms with Crippen molar-refractivity contribution < 1.29 is 18.3 Å². The van der Waals surface area contributed by atoms with Crippen molar-refractivity contribution in [2.45, 2.75) is 31.7 Å². The molecule has 0 radical (unpaired) electrons. The Labute approximate surface area is 181 Å². The van der Waals surface area contributed by atoms with Crippen molar-refractivity contribution in [1.29, 1.82) is 0 Å². The third-order valence-electron chi connectivity index (χ3n) is 6.10. The minimum absolute atomic E-state index is 0.109. The molecule has 1 atom stereocenters. The van der Waals surface area contributed by atoms with Crippen LogP contribution in [0.4, 0.5) is 8.78 Å². The van der Waals surface area contributed by atoms with E-state index in [9.17, 15) is 13.6 Å². The average Bonchev–Trinajstić information content (AvgIpc) is 3.18. The van der Waals surface area contributed by atoms with Gasteiger partial charge in [0.1, 0.15) is 11.6 Å². The van der Waals surface area contributed by atoms with E-state index in [2.05, 4.69) is 10.0 Å². The molecule has 5 nitrogen and oxygen atoms in total. The molecule has 31 heavy (non-hydrogen) atoms. The van der Waals surface area contributed by atoms with Gasteiger partial charge in [-0.1, -0.05) is 30.3 Å². The van der Waals surface area contributed by atoms with Crippen LogP contribution in [0.3, 0.4) is 0 Å². The molecule has 0 unspecified atom stereocenters. The minimum Gasteiger partial charge on any atom is -0.379 e. The van der Waals surface area contributed by atoms with Crippen LogP contribution < -0.4 is 0 Å². The zero-order chi connectivity index (χ0) is 21.8. The first-order valence-corrected chi connectivity index (χ1v) is 10.7. The highest BCUT2D eigenvalue weighted by atomic mass is 19.1. The summed E-state index contributed by atoms with van der Waals surface area (Å²) in [5.41, 5.74) is 0.718. The van der Waals surface area contributed by atoms with Crippen molar-refractivity contribution in [3.63, 3.8) is 0 Å². The molecule has 0 saturated carbocycles. The molecule has 1 amide bonds. The number of morpholine rings is 1. The quantitative estimate of drug-likeness (QED) is 0.702. The van der Waals surface area contributed by atoms with E-state index in [0.29, 0.717) is 18.6 Å². The largest absolute Gasteiger partial charge is 0.379 e. The average molecular weight is 427 g/mol. The Hall–Kier alpha value is -2.64. The van der Waals surface area contributed by atoms with E-state index in [-0.39, 0.29) is 11.5 Å². The van der Waals surface area contributed by atoms with Crippen LogP contribution >= 0.6 is 0 Å². The standard InChI is InChI=1S/C24H27F2N3O2/c1-18(30)29-24(19-6-3-2-4-7-19,10-5-11-28-12-14-31-15-13-28)17-23(27-29)21-16-20(25)8-9-22(21)26/h2-4,6-9,16H,5,10-15,17H2,1H3/t24-/m1/s1. The van der Waals surface area contributed by atoms with Crippen molar-refractivity contribution in [2.24, 2.45) is 5.10 Å². The van der Waals surface area contributed by atoms with Gasteiger partial charge < -0.3 is 4.74 Å². The van der Waals surface area contributed by atoms with Crippen LogP contribution in [-0.4, -0.2) is 54.4 Å². The van der Waals surface area contributed by atoms with Crippen LogP contribution in [0.15, 0.2) is 53.6 Å². The van der Waals surface area contributed by atoms with Gasteiger partial charge in [-0.05, 0) is 43.1 Å². The molecule has 4 rings (SSSR count). The molecule has 2 aliphatic heterocycles. The van der Waals surface area contributed by atoms with E-state index in [1.54, 1.807) is 0 Å². The fraction of sp³-hybridized carbons (Fsp3) is 0.417. The van der Waals surface area contributed by atoms with E-state index in [1.807, 2.05) is 30.3 Å². The highest BCUT2D eigenvalue weighted by Crippen LogP contribution is 2.43. The molecule has 164 valence electrons. The molecule has 0 spiro atoms. The highest BCUT2D eigenvalue weighted by Gasteiger charge is 2.46. The summed E-state index contributed by atoms with van der Waals surface area (Å²) < 4.78 is 33.8. The second kappa shape index (κ2) is 9.24. The maximum absolute atomic E-state index is 14.5. The van der Waals surface area contributed by atoms with E-state index < -0.39 is 17.2 Å². The Balaban J connectivity index is 1.66. The molecule has 0 N–H and O–H groups in total. The number of carbonyl (C=O) groups is 1. The number of hydrogen-bond acceptors (Lipinski definition) is 4. The second-order valence-corrected chi connectivity index (χ2v) is 8.13. The Morgan fingerprint density at radius 3 is 2.58 bits per heavy atom. The lowest BCUT2D eigenvalue weighted by atomic mass is 9.80. The monoisotopic (exact) mass is 427 g/mol. The number of hydrogen-bond donors (Lipinski definition) is 0. The third-order valence-corrected chi connectivity index (χ3v) is 6.10. The Morgan fingerprint density at radius 2 is 1.87 bits per heavy atom. The lowest BCUT2D eigenvalue weighted by Crippen LogP contribution is -2.44. The lowest BCUT2D eigenvalue weighted by Gasteiger charge is -2.37. The summed E-state index contributed by atoms with van der Waals surface area (Å²) in [7, 11) is 0. The number of ether oxygens (including phenoxy) is 1. The van der Waals surface area contributed by atoms with Crippen LogP contribution in [0.1, 0.15) is 37.3 Å². The van der Waals surface area contributed by atoms with Gasteiger partial charge in [-0.15, -0.1) is 0 Å². The lowest BCUT2D eigenvalue weighted by molar-refractivity contribution is -0.135. The van der Waals surface area contributed by atoms with Crippen molar-refractivity contribution >= 4 is 11.6 Å². The Kier molecular flexibility index (Phi) is 6.43. The van der Waals surface area contributed by atoms with Crippen LogP contribution in [-0.2, 0) is 15.1 Å². The van der Waals surface area contributed by atoms with Crippen LogP contribution in [0, 0.1) is 11.6 Å². The van der Waals surface area contributed by atoms with Gasteiger partial charge in [0.05, 0.1) is 24.5 Å². The molecule has 0 aromatic heterocycles. The van der Waals surface area contributed by atoms with Gasteiger partial charge in [0.2, 0.25) is 5.91 Å². The number of hydrazone groups is 1. The molecule has 2 aliphatic rings.